The van der Waals surface area contributed by atoms with Crippen LogP contribution in [0.1, 0.15) is 10.6 Å². The van der Waals surface area contributed by atoms with Gasteiger partial charge in [-0.05, 0) is 35.0 Å². The number of thiazole rings is 1. The molecule has 0 unspecified atom stereocenters. The van der Waals surface area contributed by atoms with Crippen molar-refractivity contribution in [1.29, 1.82) is 0 Å². The smallest absolute Gasteiger partial charge is 0.133 e. The molecule has 84 valence electrons. The number of rotatable bonds is 4. The van der Waals surface area contributed by atoms with Crippen molar-refractivity contribution in [3.8, 4) is 5.75 Å². The van der Waals surface area contributed by atoms with E-state index in [1.165, 1.54) is 4.88 Å². The van der Waals surface area contributed by atoms with Gasteiger partial charge >= 0.3 is 0 Å². The normalized spacial score (nSPS) is 10.4. The monoisotopic (exact) mass is 297 g/mol. The molecule has 1 aromatic carbocycles. The molecular formula is C12H12BrNOS. The van der Waals surface area contributed by atoms with Crippen molar-refractivity contribution in [2.45, 2.75) is 13.3 Å². The first-order valence-electron chi connectivity index (χ1n) is 5.03. The van der Waals surface area contributed by atoms with E-state index < -0.39 is 0 Å². The van der Waals surface area contributed by atoms with Crippen LogP contribution in [0.3, 0.4) is 0 Å². The van der Waals surface area contributed by atoms with Crippen molar-refractivity contribution < 1.29 is 4.74 Å². The van der Waals surface area contributed by atoms with Crippen molar-refractivity contribution in [2.24, 2.45) is 0 Å². The van der Waals surface area contributed by atoms with Crippen LogP contribution in [0.25, 0.3) is 0 Å². The van der Waals surface area contributed by atoms with Gasteiger partial charge in [0.05, 0.1) is 22.3 Å². The molecule has 0 aliphatic heterocycles. The highest BCUT2D eigenvalue weighted by atomic mass is 79.9. The largest absolute Gasteiger partial charge is 0.492 e. The third-order valence-corrected chi connectivity index (χ3v) is 3.92. The number of para-hydroxylation sites is 1. The van der Waals surface area contributed by atoms with E-state index in [2.05, 4.69) is 20.9 Å². The van der Waals surface area contributed by atoms with Crippen molar-refractivity contribution in [2.75, 3.05) is 6.61 Å². The molecule has 0 fully saturated rings. The average Bonchev–Trinajstić information content (AvgIpc) is 2.67. The zero-order chi connectivity index (χ0) is 11.4. The van der Waals surface area contributed by atoms with Gasteiger partial charge in [-0.2, -0.15) is 0 Å². The summed E-state index contributed by atoms with van der Waals surface area (Å²) in [5.41, 5.74) is 2.99. The van der Waals surface area contributed by atoms with Gasteiger partial charge < -0.3 is 4.74 Å². The Hall–Kier alpha value is -0.870. The first kappa shape index (κ1) is 11.6. The molecule has 0 saturated carbocycles. The van der Waals surface area contributed by atoms with Crippen LogP contribution in [0.4, 0.5) is 0 Å². The Bertz CT molecular complexity index is 470. The fourth-order valence-corrected chi connectivity index (χ4v) is 2.54. The zero-order valence-corrected chi connectivity index (χ0v) is 11.3. The predicted molar refractivity (Wildman–Crippen MR) is 70.2 cm³/mol. The molecule has 0 radical (unpaired) electrons. The molecule has 0 spiro atoms. The van der Waals surface area contributed by atoms with Crippen LogP contribution in [0.15, 0.2) is 34.2 Å². The Morgan fingerprint density at radius 1 is 1.38 bits per heavy atom. The van der Waals surface area contributed by atoms with E-state index in [1.54, 1.807) is 11.3 Å². The summed E-state index contributed by atoms with van der Waals surface area (Å²) in [5, 5.41) is 0. The van der Waals surface area contributed by atoms with Crippen molar-refractivity contribution >= 4 is 27.3 Å². The van der Waals surface area contributed by atoms with E-state index in [4.69, 9.17) is 4.74 Å². The number of benzene rings is 1. The Morgan fingerprint density at radius 3 is 2.88 bits per heavy atom. The minimum Gasteiger partial charge on any atom is -0.492 e. The summed E-state index contributed by atoms with van der Waals surface area (Å²) in [7, 11) is 0. The van der Waals surface area contributed by atoms with Crippen LogP contribution in [0.5, 0.6) is 5.75 Å². The third-order valence-electron chi connectivity index (χ3n) is 2.27. The fourth-order valence-electron chi connectivity index (χ4n) is 1.38. The highest BCUT2D eigenvalue weighted by molar-refractivity contribution is 9.10. The highest BCUT2D eigenvalue weighted by Gasteiger charge is 2.03. The van der Waals surface area contributed by atoms with Crippen LogP contribution < -0.4 is 4.74 Å². The van der Waals surface area contributed by atoms with Gasteiger partial charge in [0.1, 0.15) is 5.75 Å². The summed E-state index contributed by atoms with van der Waals surface area (Å²) in [6.07, 6.45) is 0.915. The van der Waals surface area contributed by atoms with Gasteiger partial charge in [-0.15, -0.1) is 11.3 Å². The van der Waals surface area contributed by atoms with Crippen molar-refractivity contribution in [3.63, 3.8) is 0 Å². The lowest BCUT2D eigenvalue weighted by Crippen LogP contribution is -2.01. The lowest BCUT2D eigenvalue weighted by atomic mass is 10.3. The van der Waals surface area contributed by atoms with Crippen molar-refractivity contribution in [1.82, 2.24) is 4.98 Å². The maximum Gasteiger partial charge on any atom is 0.133 e. The number of hydrogen-bond donors (Lipinski definition) is 0. The minimum absolute atomic E-state index is 0.686. The lowest BCUT2D eigenvalue weighted by molar-refractivity contribution is 0.320. The van der Waals surface area contributed by atoms with Crippen LogP contribution in [-0.2, 0) is 6.42 Å². The van der Waals surface area contributed by atoms with Crippen LogP contribution >= 0.6 is 27.3 Å². The maximum absolute atomic E-state index is 5.70. The summed E-state index contributed by atoms with van der Waals surface area (Å²) >= 11 is 5.14. The lowest BCUT2D eigenvalue weighted by Gasteiger charge is -2.07. The van der Waals surface area contributed by atoms with Gasteiger partial charge in [-0.25, -0.2) is 4.98 Å². The van der Waals surface area contributed by atoms with Crippen molar-refractivity contribution in [3.05, 3.63) is 44.8 Å². The Labute approximate surface area is 107 Å². The summed E-state index contributed by atoms with van der Waals surface area (Å²) in [6, 6.07) is 7.89. The average molecular weight is 298 g/mol. The number of aromatic nitrogens is 1. The molecule has 2 aromatic rings. The summed E-state index contributed by atoms with van der Waals surface area (Å²) in [6.45, 7) is 2.72. The van der Waals surface area contributed by atoms with Gasteiger partial charge in [0, 0.05) is 11.3 Å². The topological polar surface area (TPSA) is 22.1 Å². The molecule has 16 heavy (non-hydrogen) atoms. The Balaban J connectivity index is 1.89. The summed E-state index contributed by atoms with van der Waals surface area (Å²) in [5.74, 6) is 0.893. The van der Waals surface area contributed by atoms with Gasteiger partial charge in [-0.3, -0.25) is 0 Å². The SMILES string of the molecule is Cc1ncsc1CCOc1ccccc1Br. The molecule has 2 rings (SSSR count). The van der Waals surface area contributed by atoms with Gasteiger partial charge in [0.25, 0.3) is 0 Å². The molecule has 0 saturated heterocycles. The molecule has 0 aliphatic carbocycles. The Morgan fingerprint density at radius 2 is 2.19 bits per heavy atom. The number of aryl methyl sites for hydroxylation is 1. The molecule has 4 heteroatoms. The van der Waals surface area contributed by atoms with E-state index in [0.29, 0.717) is 6.61 Å². The fraction of sp³-hybridized carbons (Fsp3) is 0.250. The molecule has 0 atom stereocenters. The molecule has 2 nitrogen and oxygen atoms in total. The van der Waals surface area contributed by atoms with Gasteiger partial charge in [-0.1, -0.05) is 12.1 Å². The van der Waals surface area contributed by atoms with E-state index >= 15 is 0 Å². The number of ether oxygens (including phenoxy) is 1. The second-order valence-corrected chi connectivity index (χ2v) is 5.18. The zero-order valence-electron chi connectivity index (χ0n) is 8.94. The van der Waals surface area contributed by atoms with Crippen LogP contribution in [0.2, 0.25) is 0 Å². The summed E-state index contributed by atoms with van der Waals surface area (Å²) < 4.78 is 6.69. The number of halogens is 1. The molecule has 0 N–H and O–H groups in total. The molecule has 0 aliphatic rings. The van der Waals surface area contributed by atoms with E-state index in [-0.39, 0.29) is 0 Å². The minimum atomic E-state index is 0.686. The second-order valence-electron chi connectivity index (χ2n) is 3.39. The third kappa shape index (κ3) is 2.83. The van der Waals surface area contributed by atoms with Crippen LogP contribution in [-0.4, -0.2) is 11.6 Å². The molecule has 1 heterocycles. The van der Waals surface area contributed by atoms with Gasteiger partial charge in [0.15, 0.2) is 0 Å². The summed E-state index contributed by atoms with van der Waals surface area (Å²) in [4.78, 5) is 5.51. The first-order chi connectivity index (χ1) is 7.77. The standard InChI is InChI=1S/C12H12BrNOS/c1-9-12(16-8-14-9)6-7-15-11-5-3-2-4-10(11)13/h2-5,8H,6-7H2,1H3. The highest BCUT2D eigenvalue weighted by Crippen LogP contribution is 2.24. The quantitative estimate of drug-likeness (QED) is 0.855. The maximum atomic E-state index is 5.70. The molecule has 0 bridgehead atoms. The molecule has 0 amide bonds. The molecule has 1 aromatic heterocycles. The van der Waals surface area contributed by atoms with E-state index in [9.17, 15) is 0 Å². The second kappa shape index (κ2) is 5.46. The van der Waals surface area contributed by atoms with E-state index in [0.717, 1.165) is 22.3 Å². The predicted octanol–water partition coefficient (Wildman–Crippen LogP) is 3.84. The Kier molecular flexibility index (Phi) is 3.96. The number of hydrogen-bond acceptors (Lipinski definition) is 3. The van der Waals surface area contributed by atoms with Gasteiger partial charge in [0.2, 0.25) is 0 Å². The molecular weight excluding hydrogens is 286 g/mol. The first-order valence-corrected chi connectivity index (χ1v) is 6.71. The number of nitrogens with zero attached hydrogens (tertiary/aromatic N) is 1. The van der Waals surface area contributed by atoms with E-state index in [1.807, 2.05) is 36.7 Å². The van der Waals surface area contributed by atoms with Crippen LogP contribution in [0, 0.1) is 6.92 Å².